The number of nitrogens with two attached hydrogens (primary N) is 1. The van der Waals surface area contributed by atoms with Gasteiger partial charge in [0.05, 0.1) is 16.6 Å². The van der Waals surface area contributed by atoms with Crippen molar-refractivity contribution in [2.75, 3.05) is 18.0 Å². The molecule has 4 N–H and O–H groups in total. The highest BCUT2D eigenvalue weighted by Gasteiger charge is 2.23. The predicted octanol–water partition coefficient (Wildman–Crippen LogP) is 0.650. The van der Waals surface area contributed by atoms with E-state index in [-0.39, 0.29) is 17.1 Å². The molecule has 1 saturated heterocycles. The molecule has 1 fully saturated rings. The van der Waals surface area contributed by atoms with Crippen molar-refractivity contribution in [3.63, 3.8) is 0 Å². The van der Waals surface area contributed by atoms with Crippen LogP contribution in [0, 0.1) is 10.1 Å². The SMILES string of the molecule is NC(=NO)c1cc([N+](=O)[O-])ccc1N1CCCC(O)C1. The van der Waals surface area contributed by atoms with Crippen LogP contribution in [-0.2, 0) is 0 Å². The molecule has 1 atom stereocenters. The number of non-ortho nitro benzene ring substituents is 1. The summed E-state index contributed by atoms with van der Waals surface area (Å²) in [5, 5.41) is 32.3. The van der Waals surface area contributed by atoms with Crippen molar-refractivity contribution in [1.82, 2.24) is 0 Å². The van der Waals surface area contributed by atoms with Crippen LogP contribution in [0.3, 0.4) is 0 Å². The Morgan fingerprint density at radius 2 is 2.30 bits per heavy atom. The maximum Gasteiger partial charge on any atom is 0.270 e. The summed E-state index contributed by atoms with van der Waals surface area (Å²) in [5.74, 6) is -0.191. The third kappa shape index (κ3) is 2.80. The zero-order chi connectivity index (χ0) is 14.7. The molecule has 1 aromatic rings. The second-order valence-corrected chi connectivity index (χ2v) is 4.69. The van der Waals surface area contributed by atoms with Crippen molar-refractivity contribution in [3.05, 3.63) is 33.9 Å². The van der Waals surface area contributed by atoms with Crippen molar-refractivity contribution >= 4 is 17.2 Å². The molecule has 0 bridgehead atoms. The van der Waals surface area contributed by atoms with Gasteiger partial charge in [0.2, 0.25) is 0 Å². The summed E-state index contributed by atoms with van der Waals surface area (Å²) >= 11 is 0. The van der Waals surface area contributed by atoms with Crippen molar-refractivity contribution in [1.29, 1.82) is 0 Å². The predicted molar refractivity (Wildman–Crippen MR) is 73.1 cm³/mol. The van der Waals surface area contributed by atoms with E-state index in [4.69, 9.17) is 10.9 Å². The molecule has 0 amide bonds. The number of hydrogen-bond donors (Lipinski definition) is 3. The highest BCUT2D eigenvalue weighted by molar-refractivity contribution is 6.02. The molecule has 1 aliphatic heterocycles. The number of rotatable bonds is 3. The Labute approximate surface area is 115 Å². The van der Waals surface area contributed by atoms with E-state index in [9.17, 15) is 15.2 Å². The molecule has 1 aliphatic rings. The van der Waals surface area contributed by atoms with Gasteiger partial charge >= 0.3 is 0 Å². The molecule has 0 radical (unpaired) electrons. The Hall–Kier alpha value is -2.35. The molecule has 8 heteroatoms. The molecular weight excluding hydrogens is 264 g/mol. The summed E-state index contributed by atoms with van der Waals surface area (Å²) in [6.45, 7) is 1.13. The number of benzene rings is 1. The van der Waals surface area contributed by atoms with Gasteiger partial charge in [-0.15, -0.1) is 0 Å². The average Bonchev–Trinajstić information content (AvgIpc) is 2.45. The highest BCUT2D eigenvalue weighted by atomic mass is 16.6. The number of β-amino-alcohol motifs (C(OH)–C–C–N with tert-alkyl or cyclic N) is 1. The van der Waals surface area contributed by atoms with Gasteiger partial charge in [0.1, 0.15) is 0 Å². The molecule has 1 aromatic carbocycles. The van der Waals surface area contributed by atoms with Gasteiger partial charge in [-0.3, -0.25) is 10.1 Å². The molecule has 20 heavy (non-hydrogen) atoms. The number of piperidine rings is 1. The molecule has 2 rings (SSSR count). The first kappa shape index (κ1) is 14.1. The number of nitro groups is 1. The van der Waals surface area contributed by atoms with Gasteiger partial charge < -0.3 is 20.9 Å². The zero-order valence-corrected chi connectivity index (χ0v) is 10.8. The van der Waals surface area contributed by atoms with Gasteiger partial charge in [0, 0.05) is 30.9 Å². The molecule has 0 saturated carbocycles. The normalized spacial score (nSPS) is 19.9. The van der Waals surface area contributed by atoms with Crippen LogP contribution in [0.1, 0.15) is 18.4 Å². The largest absolute Gasteiger partial charge is 0.409 e. The summed E-state index contributed by atoms with van der Waals surface area (Å²) in [6.07, 6.45) is 1.09. The smallest absolute Gasteiger partial charge is 0.270 e. The van der Waals surface area contributed by atoms with Crippen LogP contribution >= 0.6 is 0 Å². The maximum atomic E-state index is 10.8. The minimum Gasteiger partial charge on any atom is -0.409 e. The second kappa shape index (κ2) is 5.74. The van der Waals surface area contributed by atoms with Crippen LogP contribution in [0.25, 0.3) is 0 Å². The van der Waals surface area contributed by atoms with E-state index < -0.39 is 11.0 Å². The van der Waals surface area contributed by atoms with Crippen LogP contribution in [0.2, 0.25) is 0 Å². The number of nitrogens with zero attached hydrogens (tertiary/aromatic N) is 3. The number of aliphatic hydroxyl groups is 1. The molecule has 1 heterocycles. The van der Waals surface area contributed by atoms with Crippen molar-refractivity contribution in [2.45, 2.75) is 18.9 Å². The quantitative estimate of drug-likeness (QED) is 0.245. The lowest BCUT2D eigenvalue weighted by atomic mass is 10.0. The third-order valence-electron chi connectivity index (χ3n) is 3.31. The molecule has 0 spiro atoms. The van der Waals surface area contributed by atoms with E-state index in [1.807, 2.05) is 4.90 Å². The number of amidine groups is 1. The van der Waals surface area contributed by atoms with Gasteiger partial charge in [0.25, 0.3) is 5.69 Å². The minimum atomic E-state index is -0.539. The van der Waals surface area contributed by atoms with Crippen LogP contribution in [0.15, 0.2) is 23.4 Å². The molecule has 0 aromatic heterocycles. The molecule has 1 unspecified atom stereocenters. The van der Waals surface area contributed by atoms with E-state index in [0.29, 0.717) is 18.8 Å². The van der Waals surface area contributed by atoms with Gasteiger partial charge in [-0.05, 0) is 18.9 Å². The van der Waals surface area contributed by atoms with Crippen LogP contribution in [0.5, 0.6) is 0 Å². The van der Waals surface area contributed by atoms with E-state index in [0.717, 1.165) is 12.8 Å². The van der Waals surface area contributed by atoms with Gasteiger partial charge in [0.15, 0.2) is 5.84 Å². The zero-order valence-electron chi connectivity index (χ0n) is 10.8. The summed E-state index contributed by atoms with van der Waals surface area (Å²) in [4.78, 5) is 12.2. The molecule has 108 valence electrons. The minimum absolute atomic E-state index is 0.132. The van der Waals surface area contributed by atoms with Crippen LogP contribution in [0.4, 0.5) is 11.4 Å². The first-order valence-electron chi connectivity index (χ1n) is 6.22. The average molecular weight is 280 g/mol. The topological polar surface area (TPSA) is 125 Å². The number of anilines is 1. The Morgan fingerprint density at radius 3 is 2.90 bits per heavy atom. The molecule has 0 aliphatic carbocycles. The Morgan fingerprint density at radius 1 is 1.55 bits per heavy atom. The summed E-state index contributed by atoms with van der Waals surface area (Å²) < 4.78 is 0. The van der Waals surface area contributed by atoms with Gasteiger partial charge in [-0.2, -0.15) is 0 Å². The monoisotopic (exact) mass is 280 g/mol. The fraction of sp³-hybridized carbons (Fsp3) is 0.417. The lowest BCUT2D eigenvalue weighted by Crippen LogP contribution is -2.39. The Balaban J connectivity index is 2.43. The summed E-state index contributed by atoms with van der Waals surface area (Å²) in [5.41, 5.74) is 6.37. The lowest BCUT2D eigenvalue weighted by molar-refractivity contribution is -0.384. The molecule has 8 nitrogen and oxygen atoms in total. The van der Waals surface area contributed by atoms with Crippen molar-refractivity contribution in [2.24, 2.45) is 10.9 Å². The summed E-state index contributed by atoms with van der Waals surface area (Å²) in [6, 6.07) is 4.19. The first-order valence-corrected chi connectivity index (χ1v) is 6.22. The van der Waals surface area contributed by atoms with Crippen LogP contribution in [-0.4, -0.2) is 40.3 Å². The lowest BCUT2D eigenvalue weighted by Gasteiger charge is -2.33. The third-order valence-corrected chi connectivity index (χ3v) is 3.31. The standard InChI is InChI=1S/C12H16N4O4/c13-12(14-18)10-6-8(16(19)20)3-4-11(10)15-5-1-2-9(17)7-15/h3-4,6,9,17-18H,1-2,5,7H2,(H2,13,14). The van der Waals surface area contributed by atoms with Gasteiger partial charge in [-0.25, -0.2) is 0 Å². The second-order valence-electron chi connectivity index (χ2n) is 4.69. The van der Waals surface area contributed by atoms with E-state index in [1.165, 1.54) is 12.1 Å². The van der Waals surface area contributed by atoms with E-state index >= 15 is 0 Å². The first-order chi connectivity index (χ1) is 9.52. The van der Waals surface area contributed by atoms with Crippen molar-refractivity contribution < 1.29 is 15.2 Å². The Kier molecular flexibility index (Phi) is 4.04. The number of aliphatic hydroxyl groups excluding tert-OH is 1. The maximum absolute atomic E-state index is 10.8. The van der Waals surface area contributed by atoms with E-state index in [2.05, 4.69) is 5.16 Å². The fourth-order valence-electron chi connectivity index (χ4n) is 2.35. The highest BCUT2D eigenvalue weighted by Crippen LogP contribution is 2.27. The van der Waals surface area contributed by atoms with Gasteiger partial charge in [-0.1, -0.05) is 5.16 Å². The van der Waals surface area contributed by atoms with E-state index in [1.54, 1.807) is 6.07 Å². The number of oxime groups is 1. The summed E-state index contributed by atoms with van der Waals surface area (Å²) in [7, 11) is 0. The Bertz CT molecular complexity index is 546. The van der Waals surface area contributed by atoms with Crippen LogP contribution < -0.4 is 10.6 Å². The van der Waals surface area contributed by atoms with Crippen molar-refractivity contribution in [3.8, 4) is 0 Å². The fourth-order valence-corrected chi connectivity index (χ4v) is 2.35. The number of nitro benzene ring substituents is 1. The number of hydrogen-bond acceptors (Lipinski definition) is 6. The molecular formula is C12H16N4O4.